The molecule has 0 spiro atoms. The van der Waals surface area contributed by atoms with Crippen molar-refractivity contribution in [1.82, 2.24) is 0 Å². The Morgan fingerprint density at radius 1 is 1.47 bits per heavy atom. The standard InChI is InChI=1S/C12H13BrN2O2S2/c1-17-12(16)11-8(14)6-10(19-11)15-5-4-7-2-3-9(13)18-7/h2-3,6,15H,4-5,14H2,1H3. The molecule has 0 saturated heterocycles. The second kappa shape index (κ2) is 6.40. The van der Waals surface area contributed by atoms with Crippen LogP contribution < -0.4 is 11.1 Å². The third-order valence-corrected chi connectivity index (χ3v) is 5.20. The number of halogens is 1. The molecule has 0 unspecified atom stereocenters. The topological polar surface area (TPSA) is 64.3 Å². The quantitative estimate of drug-likeness (QED) is 0.799. The zero-order valence-electron chi connectivity index (χ0n) is 10.2. The van der Waals surface area contributed by atoms with Gasteiger partial charge < -0.3 is 15.8 Å². The molecule has 0 atom stereocenters. The summed E-state index contributed by atoms with van der Waals surface area (Å²) in [5.74, 6) is -0.391. The van der Waals surface area contributed by atoms with E-state index in [2.05, 4.69) is 32.0 Å². The molecular weight excluding hydrogens is 348 g/mol. The largest absolute Gasteiger partial charge is 0.465 e. The van der Waals surface area contributed by atoms with Gasteiger partial charge in [-0.2, -0.15) is 0 Å². The van der Waals surface area contributed by atoms with Gasteiger partial charge in [0.1, 0.15) is 4.88 Å². The number of carbonyl (C=O) groups is 1. The van der Waals surface area contributed by atoms with Gasteiger partial charge in [0.05, 0.1) is 21.6 Å². The smallest absolute Gasteiger partial charge is 0.350 e. The lowest BCUT2D eigenvalue weighted by molar-refractivity contribution is 0.0607. The lowest BCUT2D eigenvalue weighted by Gasteiger charge is -2.01. The molecule has 19 heavy (non-hydrogen) atoms. The highest BCUT2D eigenvalue weighted by molar-refractivity contribution is 9.11. The van der Waals surface area contributed by atoms with E-state index in [1.54, 1.807) is 17.4 Å². The first-order valence-electron chi connectivity index (χ1n) is 5.56. The molecule has 0 aliphatic rings. The lowest BCUT2D eigenvalue weighted by atomic mass is 10.3. The molecule has 2 aromatic heterocycles. The first-order chi connectivity index (χ1) is 9.10. The minimum Gasteiger partial charge on any atom is -0.465 e. The number of esters is 1. The highest BCUT2D eigenvalue weighted by Crippen LogP contribution is 2.30. The van der Waals surface area contributed by atoms with Crippen molar-refractivity contribution in [1.29, 1.82) is 0 Å². The van der Waals surface area contributed by atoms with E-state index in [-0.39, 0.29) is 0 Å². The van der Waals surface area contributed by atoms with Crippen LogP contribution in [0, 0.1) is 0 Å². The Bertz CT molecular complexity index is 580. The maximum Gasteiger partial charge on any atom is 0.350 e. The van der Waals surface area contributed by atoms with Crippen molar-refractivity contribution in [3.05, 3.63) is 31.7 Å². The number of anilines is 2. The third-order valence-electron chi connectivity index (χ3n) is 2.43. The summed E-state index contributed by atoms with van der Waals surface area (Å²) >= 11 is 6.47. The number of hydrogen-bond donors (Lipinski definition) is 2. The van der Waals surface area contributed by atoms with Crippen LogP contribution in [0.2, 0.25) is 0 Å². The van der Waals surface area contributed by atoms with Crippen LogP contribution in [-0.2, 0) is 11.2 Å². The van der Waals surface area contributed by atoms with Crippen molar-refractivity contribution < 1.29 is 9.53 Å². The van der Waals surface area contributed by atoms with Crippen molar-refractivity contribution >= 4 is 55.3 Å². The van der Waals surface area contributed by atoms with Gasteiger partial charge in [-0.3, -0.25) is 0 Å². The molecule has 0 aromatic carbocycles. The highest BCUT2D eigenvalue weighted by atomic mass is 79.9. The SMILES string of the molecule is COC(=O)c1sc(NCCc2ccc(Br)s2)cc1N. The average Bonchev–Trinajstić information content (AvgIpc) is 2.95. The molecule has 102 valence electrons. The maximum atomic E-state index is 11.4. The molecule has 0 amide bonds. The van der Waals surface area contributed by atoms with Gasteiger partial charge in [-0.1, -0.05) is 0 Å². The molecule has 2 rings (SSSR count). The number of nitrogens with one attached hydrogen (secondary N) is 1. The molecule has 0 radical (unpaired) electrons. The lowest BCUT2D eigenvalue weighted by Crippen LogP contribution is -2.02. The number of nitrogen functional groups attached to an aromatic ring is 1. The third kappa shape index (κ3) is 3.71. The minimum absolute atomic E-state index is 0.391. The molecule has 0 aliphatic heterocycles. The normalized spacial score (nSPS) is 10.4. The predicted molar refractivity (Wildman–Crippen MR) is 84.3 cm³/mol. The summed E-state index contributed by atoms with van der Waals surface area (Å²) < 4.78 is 5.80. The van der Waals surface area contributed by atoms with E-state index in [0.717, 1.165) is 21.8 Å². The Labute approximate surface area is 127 Å². The molecule has 2 aromatic rings. The predicted octanol–water partition coefficient (Wildman–Crippen LogP) is 3.60. The van der Waals surface area contributed by atoms with Crippen molar-refractivity contribution in [2.45, 2.75) is 6.42 Å². The Balaban J connectivity index is 1.91. The van der Waals surface area contributed by atoms with E-state index < -0.39 is 5.97 Å². The number of methoxy groups -OCH3 is 1. The zero-order valence-corrected chi connectivity index (χ0v) is 13.5. The molecular formula is C12H13BrN2O2S2. The van der Waals surface area contributed by atoms with E-state index in [4.69, 9.17) is 5.73 Å². The van der Waals surface area contributed by atoms with Crippen LogP contribution in [0.15, 0.2) is 22.0 Å². The van der Waals surface area contributed by atoms with Gasteiger partial charge in [0.2, 0.25) is 0 Å². The van der Waals surface area contributed by atoms with Gasteiger partial charge in [-0.25, -0.2) is 4.79 Å². The fourth-order valence-corrected chi connectivity index (χ4v) is 3.95. The molecule has 0 saturated carbocycles. The van der Waals surface area contributed by atoms with Crippen LogP contribution in [0.3, 0.4) is 0 Å². The van der Waals surface area contributed by atoms with E-state index in [9.17, 15) is 4.79 Å². The summed E-state index contributed by atoms with van der Waals surface area (Å²) in [6.07, 6.45) is 0.932. The molecule has 3 N–H and O–H groups in total. The van der Waals surface area contributed by atoms with Gasteiger partial charge in [0, 0.05) is 11.4 Å². The summed E-state index contributed by atoms with van der Waals surface area (Å²) in [6.45, 7) is 0.799. The maximum absolute atomic E-state index is 11.4. The van der Waals surface area contributed by atoms with E-state index in [1.165, 1.54) is 23.3 Å². The Morgan fingerprint density at radius 3 is 2.89 bits per heavy atom. The van der Waals surface area contributed by atoms with E-state index >= 15 is 0 Å². The number of rotatable bonds is 5. The first-order valence-corrected chi connectivity index (χ1v) is 7.98. The van der Waals surface area contributed by atoms with Crippen LogP contribution >= 0.6 is 38.6 Å². The molecule has 2 heterocycles. The van der Waals surface area contributed by atoms with Crippen LogP contribution in [0.4, 0.5) is 10.7 Å². The average molecular weight is 361 g/mol. The zero-order chi connectivity index (χ0) is 13.8. The summed E-state index contributed by atoms with van der Waals surface area (Å²) in [4.78, 5) is 13.2. The van der Waals surface area contributed by atoms with Gasteiger partial charge in [0.25, 0.3) is 0 Å². The second-order valence-corrected chi connectivity index (χ2v) is 7.37. The second-order valence-electron chi connectivity index (χ2n) is 3.77. The molecule has 0 bridgehead atoms. The van der Waals surface area contributed by atoms with Gasteiger partial charge in [-0.05, 0) is 40.5 Å². The first kappa shape index (κ1) is 14.4. The van der Waals surface area contributed by atoms with Crippen LogP contribution in [-0.4, -0.2) is 19.6 Å². The van der Waals surface area contributed by atoms with Gasteiger partial charge in [-0.15, -0.1) is 22.7 Å². The molecule has 0 fully saturated rings. The highest BCUT2D eigenvalue weighted by Gasteiger charge is 2.14. The number of carbonyl (C=O) groups excluding carboxylic acids is 1. The van der Waals surface area contributed by atoms with Crippen molar-refractivity contribution in [3.8, 4) is 0 Å². The molecule has 7 heteroatoms. The fraction of sp³-hybridized carbons (Fsp3) is 0.250. The number of hydrogen-bond acceptors (Lipinski definition) is 6. The summed E-state index contributed by atoms with van der Waals surface area (Å²) in [5, 5.41) is 4.15. The number of nitrogens with two attached hydrogens (primary N) is 1. The number of ether oxygens (including phenoxy) is 1. The van der Waals surface area contributed by atoms with Crippen molar-refractivity contribution in [3.63, 3.8) is 0 Å². The fourth-order valence-electron chi connectivity index (χ4n) is 1.54. The van der Waals surface area contributed by atoms with Crippen molar-refractivity contribution in [2.75, 3.05) is 24.7 Å². The minimum atomic E-state index is -0.391. The van der Waals surface area contributed by atoms with Crippen LogP contribution in [0.1, 0.15) is 14.5 Å². The van der Waals surface area contributed by atoms with Crippen LogP contribution in [0.5, 0.6) is 0 Å². The van der Waals surface area contributed by atoms with Crippen LogP contribution in [0.25, 0.3) is 0 Å². The monoisotopic (exact) mass is 360 g/mol. The van der Waals surface area contributed by atoms with E-state index in [0.29, 0.717) is 10.6 Å². The Morgan fingerprint density at radius 2 is 2.26 bits per heavy atom. The molecule has 0 aliphatic carbocycles. The number of thiophene rings is 2. The van der Waals surface area contributed by atoms with Gasteiger partial charge in [0.15, 0.2) is 0 Å². The van der Waals surface area contributed by atoms with Crippen molar-refractivity contribution in [2.24, 2.45) is 0 Å². The summed E-state index contributed by atoms with van der Waals surface area (Å²) in [6, 6.07) is 5.90. The summed E-state index contributed by atoms with van der Waals surface area (Å²) in [5.41, 5.74) is 6.23. The van der Waals surface area contributed by atoms with Gasteiger partial charge >= 0.3 is 5.97 Å². The summed E-state index contributed by atoms with van der Waals surface area (Å²) in [7, 11) is 1.35. The Kier molecular flexibility index (Phi) is 4.84. The van der Waals surface area contributed by atoms with E-state index in [1.807, 2.05) is 6.07 Å². The Hall–Kier alpha value is -1.05. The molecule has 4 nitrogen and oxygen atoms in total.